The first-order chi connectivity index (χ1) is 19.4. The summed E-state index contributed by atoms with van der Waals surface area (Å²) in [7, 11) is 3.20. The Morgan fingerprint density at radius 1 is 0.925 bits per heavy atom. The zero-order chi connectivity index (χ0) is 28.1. The van der Waals surface area contributed by atoms with Gasteiger partial charge in [0.25, 0.3) is 0 Å². The Hall–Kier alpha value is -4.30. The van der Waals surface area contributed by atoms with Crippen molar-refractivity contribution in [1.82, 2.24) is 4.90 Å². The molecule has 1 saturated heterocycles. The Morgan fingerprint density at radius 2 is 1.68 bits per heavy atom. The highest BCUT2D eigenvalue weighted by Crippen LogP contribution is 2.33. The van der Waals surface area contributed by atoms with E-state index in [1.165, 1.54) is 11.8 Å². The number of carbonyl (C=O) groups excluding carboxylic acids is 2. The number of methoxy groups -OCH3 is 2. The van der Waals surface area contributed by atoms with E-state index < -0.39 is 5.25 Å². The molecule has 0 aliphatic carbocycles. The minimum Gasteiger partial charge on any atom is -0.493 e. The largest absolute Gasteiger partial charge is 0.493 e. The van der Waals surface area contributed by atoms with Gasteiger partial charge >= 0.3 is 0 Å². The predicted octanol–water partition coefficient (Wildman–Crippen LogP) is 6.37. The lowest BCUT2D eigenvalue weighted by molar-refractivity contribution is -0.128. The summed E-state index contributed by atoms with van der Waals surface area (Å²) < 4.78 is 10.8. The van der Waals surface area contributed by atoms with Crippen molar-refractivity contribution >= 4 is 50.9 Å². The number of rotatable bonds is 9. The number of nitrogens with one attached hydrogen (secondary N) is 1. The number of thioether (sulfide) groups is 1. The van der Waals surface area contributed by atoms with E-state index in [2.05, 4.69) is 5.32 Å². The van der Waals surface area contributed by atoms with Crippen LogP contribution in [0.5, 0.6) is 11.5 Å². The topological polar surface area (TPSA) is 80.2 Å². The standard InChI is InChI=1S/C32H31N3O4S/c1-21-8-12-25(13-9-21)34-32-35(17-16-22-10-15-27(38-2)28(18-22)39-3)31(37)29(40-32)20-30(36)33-26-14-11-23-6-4-5-7-24(23)19-26/h4-15,18-19,29H,16-17,20H2,1-3H3,(H,33,36). The Labute approximate surface area is 238 Å². The van der Waals surface area contributed by atoms with E-state index >= 15 is 0 Å². The molecule has 0 radical (unpaired) electrons. The van der Waals surface area contributed by atoms with E-state index in [4.69, 9.17) is 14.5 Å². The second-order valence-corrected chi connectivity index (χ2v) is 10.7. The normalized spacial score (nSPS) is 16.0. The molecule has 0 aromatic heterocycles. The van der Waals surface area contributed by atoms with Crippen LogP contribution in [-0.4, -0.2) is 47.9 Å². The van der Waals surface area contributed by atoms with Crippen LogP contribution in [0, 0.1) is 6.92 Å². The number of amides is 2. The molecule has 40 heavy (non-hydrogen) atoms. The smallest absolute Gasteiger partial charge is 0.242 e. The number of aliphatic imine (C=N–C) groups is 1. The summed E-state index contributed by atoms with van der Waals surface area (Å²) in [5, 5.41) is 5.14. The lowest BCUT2D eigenvalue weighted by atomic mass is 10.1. The Balaban J connectivity index is 1.32. The number of carbonyl (C=O) groups is 2. The highest BCUT2D eigenvalue weighted by atomic mass is 32.2. The van der Waals surface area contributed by atoms with Gasteiger partial charge in [-0.2, -0.15) is 0 Å². The number of anilines is 1. The van der Waals surface area contributed by atoms with E-state index in [1.807, 2.05) is 91.9 Å². The van der Waals surface area contributed by atoms with Crippen LogP contribution in [0.3, 0.4) is 0 Å². The maximum absolute atomic E-state index is 13.6. The van der Waals surface area contributed by atoms with Gasteiger partial charge in [0.2, 0.25) is 11.8 Å². The van der Waals surface area contributed by atoms with Gasteiger partial charge in [-0.1, -0.05) is 65.9 Å². The van der Waals surface area contributed by atoms with Crippen LogP contribution < -0.4 is 14.8 Å². The van der Waals surface area contributed by atoms with Crippen LogP contribution >= 0.6 is 11.8 Å². The fourth-order valence-corrected chi connectivity index (χ4v) is 5.77. The molecule has 8 heteroatoms. The lowest BCUT2D eigenvalue weighted by Crippen LogP contribution is -2.35. The molecule has 4 aromatic rings. The zero-order valence-corrected chi connectivity index (χ0v) is 23.5. The molecule has 4 aromatic carbocycles. The van der Waals surface area contributed by atoms with Crippen LogP contribution in [0.25, 0.3) is 10.8 Å². The molecule has 2 amide bonds. The molecule has 1 aliphatic heterocycles. The van der Waals surface area contributed by atoms with Gasteiger partial charge in [0.15, 0.2) is 16.7 Å². The minimum atomic E-state index is -0.560. The molecule has 1 fully saturated rings. The van der Waals surface area contributed by atoms with Gasteiger partial charge in [0.05, 0.1) is 19.9 Å². The number of fused-ring (bicyclic) bond motifs is 1. The fraction of sp³-hybridized carbons (Fsp3) is 0.219. The Kier molecular flexibility index (Phi) is 8.36. The van der Waals surface area contributed by atoms with Crippen molar-refractivity contribution in [3.05, 3.63) is 96.1 Å². The number of aryl methyl sites for hydroxylation is 1. The van der Waals surface area contributed by atoms with Gasteiger partial charge in [-0.05, 0) is 66.1 Å². The second-order valence-electron chi connectivity index (χ2n) is 9.58. The van der Waals surface area contributed by atoms with Crippen LogP contribution in [-0.2, 0) is 16.0 Å². The van der Waals surface area contributed by atoms with E-state index in [1.54, 1.807) is 19.1 Å². The molecule has 1 heterocycles. The SMILES string of the molecule is COc1ccc(CCN2C(=O)C(CC(=O)Nc3ccc4ccccc4c3)SC2=Nc2ccc(C)cc2)cc1OC. The van der Waals surface area contributed by atoms with Gasteiger partial charge < -0.3 is 14.8 Å². The molecule has 5 rings (SSSR count). The quantitative estimate of drug-likeness (QED) is 0.261. The van der Waals surface area contributed by atoms with Gasteiger partial charge in [0.1, 0.15) is 5.25 Å². The first-order valence-corrected chi connectivity index (χ1v) is 13.9. The summed E-state index contributed by atoms with van der Waals surface area (Å²) in [5.74, 6) is 0.958. The zero-order valence-electron chi connectivity index (χ0n) is 22.7. The fourth-order valence-electron chi connectivity index (χ4n) is 4.59. The molecule has 0 spiro atoms. The summed E-state index contributed by atoms with van der Waals surface area (Å²) in [5.41, 5.74) is 3.60. The summed E-state index contributed by atoms with van der Waals surface area (Å²) >= 11 is 1.34. The maximum atomic E-state index is 13.6. The molecule has 1 unspecified atom stereocenters. The minimum absolute atomic E-state index is 0.0517. The average Bonchev–Trinajstić information content (AvgIpc) is 3.25. The van der Waals surface area contributed by atoms with Crippen LogP contribution in [0.1, 0.15) is 17.5 Å². The molecule has 1 aliphatic rings. The third kappa shape index (κ3) is 6.29. The number of ether oxygens (including phenoxy) is 2. The number of benzene rings is 4. The first-order valence-electron chi connectivity index (χ1n) is 13.1. The van der Waals surface area contributed by atoms with Gasteiger partial charge in [-0.25, -0.2) is 4.99 Å². The summed E-state index contributed by atoms with van der Waals surface area (Å²) in [6.45, 7) is 2.44. The van der Waals surface area contributed by atoms with E-state index in [0.29, 0.717) is 35.3 Å². The average molecular weight is 554 g/mol. The van der Waals surface area contributed by atoms with Crippen LogP contribution in [0.2, 0.25) is 0 Å². The number of hydrogen-bond acceptors (Lipinski definition) is 6. The van der Waals surface area contributed by atoms with Crippen molar-refractivity contribution in [1.29, 1.82) is 0 Å². The van der Waals surface area contributed by atoms with Crippen molar-refractivity contribution < 1.29 is 19.1 Å². The van der Waals surface area contributed by atoms with Gasteiger partial charge in [0, 0.05) is 18.7 Å². The molecule has 0 bridgehead atoms. The van der Waals surface area contributed by atoms with Crippen molar-refractivity contribution in [3.63, 3.8) is 0 Å². The number of amidine groups is 1. The van der Waals surface area contributed by atoms with Crippen molar-refractivity contribution in [2.45, 2.75) is 25.0 Å². The molecule has 7 nitrogen and oxygen atoms in total. The summed E-state index contributed by atoms with van der Waals surface area (Å²) in [6, 6.07) is 27.3. The third-order valence-corrected chi connectivity index (χ3v) is 7.93. The molecular formula is C32H31N3O4S. The highest BCUT2D eigenvalue weighted by molar-refractivity contribution is 8.15. The molecular weight excluding hydrogens is 522 g/mol. The van der Waals surface area contributed by atoms with Gasteiger partial charge in [-0.3, -0.25) is 14.5 Å². The predicted molar refractivity (Wildman–Crippen MR) is 162 cm³/mol. The van der Waals surface area contributed by atoms with Crippen molar-refractivity contribution in [3.8, 4) is 11.5 Å². The number of nitrogens with zero attached hydrogens (tertiary/aromatic N) is 2. The Morgan fingerprint density at radius 3 is 2.42 bits per heavy atom. The first kappa shape index (κ1) is 27.3. The number of hydrogen-bond donors (Lipinski definition) is 1. The second kappa shape index (κ2) is 12.3. The van der Waals surface area contributed by atoms with Crippen LogP contribution in [0.4, 0.5) is 11.4 Å². The maximum Gasteiger partial charge on any atom is 0.242 e. The lowest BCUT2D eigenvalue weighted by Gasteiger charge is -2.17. The molecule has 0 saturated carbocycles. The van der Waals surface area contributed by atoms with Gasteiger partial charge in [-0.15, -0.1) is 0 Å². The van der Waals surface area contributed by atoms with Crippen molar-refractivity contribution in [2.24, 2.45) is 4.99 Å². The van der Waals surface area contributed by atoms with Crippen LogP contribution in [0.15, 0.2) is 89.9 Å². The van der Waals surface area contributed by atoms with E-state index in [0.717, 1.165) is 27.6 Å². The Bertz CT molecular complexity index is 1570. The summed E-state index contributed by atoms with van der Waals surface area (Å²) in [6.07, 6.45) is 0.645. The molecule has 204 valence electrons. The van der Waals surface area contributed by atoms with E-state index in [-0.39, 0.29) is 18.2 Å². The van der Waals surface area contributed by atoms with E-state index in [9.17, 15) is 9.59 Å². The molecule has 1 N–H and O–H groups in total. The molecule has 1 atom stereocenters. The monoisotopic (exact) mass is 553 g/mol. The third-order valence-electron chi connectivity index (χ3n) is 6.75. The van der Waals surface area contributed by atoms with Crippen molar-refractivity contribution in [2.75, 3.05) is 26.1 Å². The highest BCUT2D eigenvalue weighted by Gasteiger charge is 2.39. The summed E-state index contributed by atoms with van der Waals surface area (Å²) in [4.78, 5) is 33.1.